The van der Waals surface area contributed by atoms with Crippen LogP contribution in [0, 0.1) is 5.92 Å². The summed E-state index contributed by atoms with van der Waals surface area (Å²) in [5, 5.41) is 7.80. The van der Waals surface area contributed by atoms with Gasteiger partial charge in [0.2, 0.25) is 5.91 Å². The lowest BCUT2D eigenvalue weighted by atomic mass is 10.1. The summed E-state index contributed by atoms with van der Waals surface area (Å²) in [5.74, 6) is 0.671. The van der Waals surface area contributed by atoms with Crippen LogP contribution in [0.3, 0.4) is 0 Å². The monoisotopic (exact) mass is 352 g/mol. The number of carbonyl (C=O) groups is 1. The molecule has 0 saturated heterocycles. The second kappa shape index (κ2) is 7.62. The summed E-state index contributed by atoms with van der Waals surface area (Å²) in [6, 6.07) is 12.5. The second-order valence-corrected chi connectivity index (χ2v) is 7.56. The number of aromatic nitrogens is 2. The van der Waals surface area contributed by atoms with Gasteiger partial charge in [-0.2, -0.15) is 5.10 Å². The number of hydrogen-bond acceptors (Lipinski definition) is 3. The maximum atomic E-state index is 12.4. The molecular formula is C21H28N4O. The normalized spacial score (nSPS) is 22.5. The van der Waals surface area contributed by atoms with Crippen LogP contribution < -0.4 is 5.32 Å². The van der Waals surface area contributed by atoms with Crippen LogP contribution in [0.15, 0.2) is 36.4 Å². The second-order valence-electron chi connectivity index (χ2n) is 7.56. The van der Waals surface area contributed by atoms with Crippen molar-refractivity contribution in [2.75, 3.05) is 13.1 Å². The van der Waals surface area contributed by atoms with E-state index in [1.165, 1.54) is 17.7 Å². The molecule has 1 saturated carbocycles. The van der Waals surface area contributed by atoms with Crippen molar-refractivity contribution in [3.63, 3.8) is 0 Å². The lowest BCUT2D eigenvalue weighted by Crippen LogP contribution is -2.25. The largest absolute Gasteiger partial charge is 0.350 e. The molecule has 1 fully saturated rings. The first-order chi connectivity index (χ1) is 12.7. The minimum Gasteiger partial charge on any atom is -0.350 e. The van der Waals surface area contributed by atoms with Crippen LogP contribution in [0.4, 0.5) is 0 Å². The molecule has 1 aromatic carbocycles. The topological polar surface area (TPSA) is 50.2 Å². The van der Waals surface area contributed by atoms with Gasteiger partial charge in [0, 0.05) is 25.6 Å². The predicted molar refractivity (Wildman–Crippen MR) is 102 cm³/mol. The number of hydrogen-bond donors (Lipinski definition) is 1. The summed E-state index contributed by atoms with van der Waals surface area (Å²) in [4.78, 5) is 14.9. The first-order valence-corrected chi connectivity index (χ1v) is 9.85. The predicted octanol–water partition coefficient (Wildman–Crippen LogP) is 2.92. The molecule has 2 aromatic rings. The van der Waals surface area contributed by atoms with Crippen molar-refractivity contribution in [1.29, 1.82) is 0 Å². The molecule has 2 atom stereocenters. The van der Waals surface area contributed by atoms with Gasteiger partial charge >= 0.3 is 0 Å². The van der Waals surface area contributed by atoms with Crippen LogP contribution in [0.5, 0.6) is 0 Å². The van der Waals surface area contributed by atoms with E-state index in [-0.39, 0.29) is 11.8 Å². The van der Waals surface area contributed by atoms with Crippen LogP contribution in [0.1, 0.15) is 49.1 Å². The Bertz CT molecular complexity index is 755. The van der Waals surface area contributed by atoms with Gasteiger partial charge in [-0.15, -0.1) is 0 Å². The molecule has 1 aromatic heterocycles. The van der Waals surface area contributed by atoms with Crippen LogP contribution in [0.25, 0.3) is 0 Å². The Hall–Kier alpha value is -2.14. The Morgan fingerprint density at radius 3 is 2.92 bits per heavy atom. The molecule has 0 unspecified atom stereocenters. The molecule has 138 valence electrons. The van der Waals surface area contributed by atoms with E-state index in [1.807, 2.05) is 18.2 Å². The maximum Gasteiger partial charge on any atom is 0.224 e. The standard InChI is InChI=1S/C21H28N4O/c1-2-9-24-10-6-11-25-18(15-24)12-17(23-25)14-22-21(26)20-13-19(20)16-7-4-3-5-8-16/h3-5,7-8,12,19-20H,2,6,9-11,13-15H2,1H3,(H,22,26)/t19-,20+/m0/s1. The van der Waals surface area contributed by atoms with Crippen molar-refractivity contribution in [1.82, 2.24) is 20.0 Å². The van der Waals surface area contributed by atoms with Gasteiger partial charge in [0.15, 0.2) is 0 Å². The van der Waals surface area contributed by atoms with Crippen LogP contribution in [-0.4, -0.2) is 33.7 Å². The Balaban J connectivity index is 1.32. The minimum absolute atomic E-state index is 0.123. The number of benzene rings is 1. The summed E-state index contributed by atoms with van der Waals surface area (Å²) in [5.41, 5.74) is 3.52. The van der Waals surface area contributed by atoms with E-state index < -0.39 is 0 Å². The molecule has 1 N–H and O–H groups in total. The van der Waals surface area contributed by atoms with Gasteiger partial charge < -0.3 is 5.32 Å². The van der Waals surface area contributed by atoms with E-state index in [9.17, 15) is 4.79 Å². The number of fused-ring (bicyclic) bond motifs is 1. The first-order valence-electron chi connectivity index (χ1n) is 9.85. The molecule has 2 heterocycles. The van der Waals surface area contributed by atoms with E-state index in [0.29, 0.717) is 12.5 Å². The molecule has 2 aliphatic rings. The van der Waals surface area contributed by atoms with Crippen LogP contribution in [-0.2, 0) is 24.4 Å². The fourth-order valence-electron chi connectivity index (χ4n) is 4.04. The number of carbonyl (C=O) groups excluding carboxylic acids is 1. The number of amides is 1. The fraction of sp³-hybridized carbons (Fsp3) is 0.524. The first kappa shape index (κ1) is 17.3. The smallest absolute Gasteiger partial charge is 0.224 e. The maximum absolute atomic E-state index is 12.4. The lowest BCUT2D eigenvalue weighted by Gasteiger charge is -2.17. The lowest BCUT2D eigenvalue weighted by molar-refractivity contribution is -0.122. The minimum atomic E-state index is 0.123. The fourth-order valence-corrected chi connectivity index (χ4v) is 4.04. The van der Waals surface area contributed by atoms with Crippen molar-refractivity contribution in [2.24, 2.45) is 5.92 Å². The average molecular weight is 352 g/mol. The summed E-state index contributed by atoms with van der Waals surface area (Å²) in [6.07, 6.45) is 3.28. The van der Waals surface area contributed by atoms with Crippen LogP contribution in [0.2, 0.25) is 0 Å². The third kappa shape index (κ3) is 3.83. The molecule has 0 spiro atoms. The molecule has 0 radical (unpaired) electrons. The van der Waals surface area contributed by atoms with Gasteiger partial charge in [-0.25, -0.2) is 0 Å². The van der Waals surface area contributed by atoms with Gasteiger partial charge in [-0.05, 0) is 43.4 Å². The molecule has 1 aliphatic carbocycles. The molecule has 4 rings (SSSR count). The quantitative estimate of drug-likeness (QED) is 0.870. The highest BCUT2D eigenvalue weighted by atomic mass is 16.2. The molecule has 1 aliphatic heterocycles. The molecule has 5 heteroatoms. The van der Waals surface area contributed by atoms with Crippen molar-refractivity contribution < 1.29 is 4.79 Å². The molecule has 0 bridgehead atoms. The number of nitrogens with zero attached hydrogens (tertiary/aromatic N) is 3. The van der Waals surface area contributed by atoms with Gasteiger partial charge in [-0.3, -0.25) is 14.4 Å². The number of nitrogens with one attached hydrogen (secondary N) is 1. The van der Waals surface area contributed by atoms with Gasteiger partial charge in [0.05, 0.1) is 17.9 Å². The average Bonchev–Trinajstić information content (AvgIpc) is 3.41. The summed E-state index contributed by atoms with van der Waals surface area (Å²) >= 11 is 0. The number of rotatable bonds is 6. The number of aryl methyl sites for hydroxylation is 1. The molecule has 5 nitrogen and oxygen atoms in total. The molecular weight excluding hydrogens is 324 g/mol. The highest BCUT2D eigenvalue weighted by Gasteiger charge is 2.43. The highest BCUT2D eigenvalue weighted by Crippen LogP contribution is 2.47. The van der Waals surface area contributed by atoms with Crippen LogP contribution >= 0.6 is 0 Å². The zero-order chi connectivity index (χ0) is 17.9. The van der Waals surface area contributed by atoms with Crippen molar-refractivity contribution in [2.45, 2.75) is 51.7 Å². The zero-order valence-electron chi connectivity index (χ0n) is 15.5. The van der Waals surface area contributed by atoms with Gasteiger partial charge in [0.25, 0.3) is 0 Å². The summed E-state index contributed by atoms with van der Waals surface area (Å²) in [6.45, 7) is 6.98. The van der Waals surface area contributed by atoms with Gasteiger partial charge in [0.1, 0.15) is 0 Å². The van der Waals surface area contributed by atoms with E-state index in [2.05, 4.69) is 40.0 Å². The van der Waals surface area contributed by atoms with E-state index in [1.54, 1.807) is 0 Å². The Labute approximate surface area is 155 Å². The van der Waals surface area contributed by atoms with E-state index in [0.717, 1.165) is 44.7 Å². The molecule has 26 heavy (non-hydrogen) atoms. The van der Waals surface area contributed by atoms with Crippen molar-refractivity contribution in [3.8, 4) is 0 Å². The molecule has 1 amide bonds. The SMILES string of the molecule is CCCN1CCCn2nc(CNC(=O)[C@@H]3C[C@H]3c3ccccc3)cc2C1. The van der Waals surface area contributed by atoms with E-state index in [4.69, 9.17) is 5.10 Å². The Kier molecular flexibility index (Phi) is 5.07. The van der Waals surface area contributed by atoms with E-state index >= 15 is 0 Å². The zero-order valence-corrected chi connectivity index (χ0v) is 15.5. The third-order valence-corrected chi connectivity index (χ3v) is 5.48. The third-order valence-electron chi connectivity index (χ3n) is 5.48. The summed E-state index contributed by atoms with van der Waals surface area (Å²) in [7, 11) is 0. The highest BCUT2D eigenvalue weighted by molar-refractivity contribution is 5.82. The summed E-state index contributed by atoms with van der Waals surface area (Å²) < 4.78 is 2.13. The Morgan fingerprint density at radius 2 is 2.12 bits per heavy atom. The Morgan fingerprint density at radius 1 is 1.27 bits per heavy atom. The van der Waals surface area contributed by atoms with Crippen molar-refractivity contribution in [3.05, 3.63) is 53.3 Å². The van der Waals surface area contributed by atoms with Gasteiger partial charge in [-0.1, -0.05) is 37.3 Å². The van der Waals surface area contributed by atoms with Crippen molar-refractivity contribution >= 4 is 5.91 Å².